The summed E-state index contributed by atoms with van der Waals surface area (Å²) in [5.41, 5.74) is 8.83. The molecule has 0 unspecified atom stereocenters. The van der Waals surface area contributed by atoms with Gasteiger partial charge >= 0.3 is 0 Å². The average molecular weight is 449 g/mol. The van der Waals surface area contributed by atoms with Crippen molar-refractivity contribution in [3.05, 3.63) is 126 Å². The molecule has 0 aliphatic rings. The van der Waals surface area contributed by atoms with Crippen LogP contribution in [0, 0.1) is 0 Å². The molecule has 170 valence electrons. The first-order chi connectivity index (χ1) is 16.7. The van der Waals surface area contributed by atoms with Gasteiger partial charge in [0, 0.05) is 11.3 Å². The highest BCUT2D eigenvalue weighted by molar-refractivity contribution is 5.95. The number of carbonyl (C=O) groups excluding carboxylic acids is 1. The number of carbonyl (C=O) groups is 1. The quantitative estimate of drug-likeness (QED) is 0.230. The maximum absolute atomic E-state index is 12.4. The summed E-state index contributed by atoms with van der Waals surface area (Å²) in [6, 6.07) is 36.0. The van der Waals surface area contributed by atoms with E-state index >= 15 is 0 Å². The van der Waals surface area contributed by atoms with Crippen LogP contribution < -0.4 is 10.2 Å². The molecule has 0 aliphatic heterocycles. The third-order valence-electron chi connectivity index (χ3n) is 5.55. The summed E-state index contributed by atoms with van der Waals surface area (Å²) in [5.74, 6) is 0.486. The molecule has 4 nitrogen and oxygen atoms in total. The smallest absolute Gasteiger partial charge is 0.271 e. The molecule has 4 aromatic rings. The number of benzene rings is 4. The van der Waals surface area contributed by atoms with E-state index in [4.69, 9.17) is 4.74 Å². The lowest BCUT2D eigenvalue weighted by Gasteiger charge is -2.07. The number of nitrogens with zero attached hydrogens (tertiary/aromatic N) is 1. The molecule has 0 saturated heterocycles. The standard InChI is InChI=1S/C30H28N2O2/c1-23(12-13-24-14-16-27(17-15-24)26-10-6-3-7-11-26)31-32-30(33)28-18-20-29(21-19-28)34-22-25-8-4-2-5-9-25/h2-11,14-21H,12-13,22H2,1H3,(H,32,33)/b31-23+. The van der Waals surface area contributed by atoms with Crippen LogP contribution >= 0.6 is 0 Å². The Labute approximate surface area is 200 Å². The Kier molecular flexibility index (Phi) is 7.86. The van der Waals surface area contributed by atoms with E-state index in [-0.39, 0.29) is 5.91 Å². The molecule has 4 heteroatoms. The van der Waals surface area contributed by atoms with Crippen molar-refractivity contribution in [1.29, 1.82) is 0 Å². The zero-order valence-corrected chi connectivity index (χ0v) is 19.3. The third-order valence-corrected chi connectivity index (χ3v) is 5.55. The van der Waals surface area contributed by atoms with Crippen LogP contribution in [-0.4, -0.2) is 11.6 Å². The average Bonchev–Trinajstić information content (AvgIpc) is 2.91. The van der Waals surface area contributed by atoms with Gasteiger partial charge in [-0.15, -0.1) is 0 Å². The van der Waals surface area contributed by atoms with Crippen molar-refractivity contribution in [3.63, 3.8) is 0 Å². The molecule has 0 aliphatic carbocycles. The molecule has 0 spiro atoms. The van der Waals surface area contributed by atoms with Gasteiger partial charge in [0.15, 0.2) is 0 Å². The van der Waals surface area contributed by atoms with Crippen LogP contribution in [0.1, 0.15) is 34.8 Å². The molecule has 0 atom stereocenters. The van der Waals surface area contributed by atoms with E-state index in [0.29, 0.717) is 12.2 Å². The van der Waals surface area contributed by atoms with Crippen molar-refractivity contribution in [2.45, 2.75) is 26.4 Å². The van der Waals surface area contributed by atoms with Crippen molar-refractivity contribution in [2.75, 3.05) is 0 Å². The van der Waals surface area contributed by atoms with Crippen molar-refractivity contribution >= 4 is 11.6 Å². The fourth-order valence-corrected chi connectivity index (χ4v) is 3.53. The highest BCUT2D eigenvalue weighted by Crippen LogP contribution is 2.20. The van der Waals surface area contributed by atoms with E-state index in [1.54, 1.807) is 24.3 Å². The number of aryl methyl sites for hydroxylation is 1. The summed E-state index contributed by atoms with van der Waals surface area (Å²) in [7, 11) is 0. The topological polar surface area (TPSA) is 50.7 Å². The molecule has 0 radical (unpaired) electrons. The largest absolute Gasteiger partial charge is 0.489 e. The van der Waals surface area contributed by atoms with Crippen LogP contribution in [0.15, 0.2) is 114 Å². The predicted molar refractivity (Wildman–Crippen MR) is 138 cm³/mol. The first-order valence-electron chi connectivity index (χ1n) is 11.4. The van der Waals surface area contributed by atoms with Crippen LogP contribution in [0.4, 0.5) is 0 Å². The molecule has 1 amide bonds. The molecule has 4 aromatic carbocycles. The molecular weight excluding hydrogens is 420 g/mol. The molecule has 0 saturated carbocycles. The fraction of sp³-hybridized carbons (Fsp3) is 0.133. The number of rotatable bonds is 9. The van der Waals surface area contributed by atoms with E-state index in [9.17, 15) is 4.79 Å². The summed E-state index contributed by atoms with van der Waals surface area (Å²) in [5, 5.41) is 4.26. The number of ether oxygens (including phenoxy) is 1. The minimum atomic E-state index is -0.235. The molecule has 34 heavy (non-hydrogen) atoms. The van der Waals surface area contributed by atoms with Gasteiger partial charge in [0.2, 0.25) is 0 Å². The van der Waals surface area contributed by atoms with Gasteiger partial charge in [-0.3, -0.25) is 4.79 Å². The molecule has 0 fully saturated rings. The second-order valence-electron chi connectivity index (χ2n) is 8.15. The van der Waals surface area contributed by atoms with Gasteiger partial charge in [-0.25, -0.2) is 5.43 Å². The number of hydrogen-bond donors (Lipinski definition) is 1. The van der Waals surface area contributed by atoms with E-state index < -0.39 is 0 Å². The van der Waals surface area contributed by atoms with E-state index in [1.807, 2.05) is 55.5 Å². The predicted octanol–water partition coefficient (Wildman–Crippen LogP) is 6.67. The summed E-state index contributed by atoms with van der Waals surface area (Å²) in [6.45, 7) is 2.42. The van der Waals surface area contributed by atoms with Crippen LogP contribution in [0.25, 0.3) is 11.1 Å². The number of hydrazone groups is 1. The fourth-order valence-electron chi connectivity index (χ4n) is 3.53. The number of hydrogen-bond acceptors (Lipinski definition) is 3. The molecule has 1 N–H and O–H groups in total. The molecule has 0 aromatic heterocycles. The lowest BCUT2D eigenvalue weighted by Crippen LogP contribution is -2.19. The maximum atomic E-state index is 12.4. The summed E-state index contributed by atoms with van der Waals surface area (Å²) >= 11 is 0. The van der Waals surface area contributed by atoms with Crippen LogP contribution in [-0.2, 0) is 13.0 Å². The number of nitrogens with one attached hydrogen (secondary N) is 1. The molecule has 4 rings (SSSR count). The van der Waals surface area contributed by atoms with Gasteiger partial charge in [0.05, 0.1) is 0 Å². The highest BCUT2D eigenvalue weighted by Gasteiger charge is 2.06. The zero-order valence-electron chi connectivity index (χ0n) is 19.3. The maximum Gasteiger partial charge on any atom is 0.271 e. The summed E-state index contributed by atoms with van der Waals surface area (Å²) in [6.07, 6.45) is 1.64. The summed E-state index contributed by atoms with van der Waals surface area (Å²) < 4.78 is 5.77. The van der Waals surface area contributed by atoms with Gasteiger partial charge in [-0.05, 0) is 66.3 Å². The van der Waals surface area contributed by atoms with Gasteiger partial charge in [-0.2, -0.15) is 5.10 Å². The van der Waals surface area contributed by atoms with Crippen molar-refractivity contribution < 1.29 is 9.53 Å². The minimum Gasteiger partial charge on any atom is -0.489 e. The lowest BCUT2D eigenvalue weighted by atomic mass is 10.0. The van der Waals surface area contributed by atoms with Gasteiger partial charge in [-0.1, -0.05) is 84.9 Å². The second-order valence-corrected chi connectivity index (χ2v) is 8.15. The minimum absolute atomic E-state index is 0.235. The monoisotopic (exact) mass is 448 g/mol. The SMILES string of the molecule is C/C(CCc1ccc(-c2ccccc2)cc1)=N\NC(=O)c1ccc(OCc2ccccc2)cc1. The zero-order chi connectivity index (χ0) is 23.6. The first kappa shape index (κ1) is 23.0. The Balaban J connectivity index is 1.24. The van der Waals surface area contributed by atoms with Crippen LogP contribution in [0.5, 0.6) is 5.75 Å². The van der Waals surface area contributed by atoms with Crippen molar-refractivity contribution in [3.8, 4) is 16.9 Å². The van der Waals surface area contributed by atoms with Gasteiger partial charge in [0.25, 0.3) is 5.91 Å². The second kappa shape index (κ2) is 11.6. The third kappa shape index (κ3) is 6.66. The summed E-state index contributed by atoms with van der Waals surface area (Å²) in [4.78, 5) is 12.4. The number of amides is 1. The van der Waals surface area contributed by atoms with Gasteiger partial charge in [0.1, 0.15) is 12.4 Å². The van der Waals surface area contributed by atoms with Crippen molar-refractivity contribution in [1.82, 2.24) is 5.43 Å². The molecule has 0 bridgehead atoms. The first-order valence-corrected chi connectivity index (χ1v) is 11.4. The molecule has 0 heterocycles. The van der Waals surface area contributed by atoms with Crippen molar-refractivity contribution in [2.24, 2.45) is 5.10 Å². The normalized spacial score (nSPS) is 11.1. The van der Waals surface area contributed by atoms with E-state index in [1.165, 1.54) is 16.7 Å². The van der Waals surface area contributed by atoms with Crippen LogP contribution in [0.2, 0.25) is 0 Å². The van der Waals surface area contributed by atoms with E-state index in [2.05, 4.69) is 46.9 Å². The highest BCUT2D eigenvalue weighted by atomic mass is 16.5. The van der Waals surface area contributed by atoms with Gasteiger partial charge < -0.3 is 4.74 Å². The Hall–Kier alpha value is -4.18. The Morgan fingerprint density at radius 2 is 1.35 bits per heavy atom. The Morgan fingerprint density at radius 1 is 0.735 bits per heavy atom. The van der Waals surface area contributed by atoms with Crippen LogP contribution in [0.3, 0.4) is 0 Å². The lowest BCUT2D eigenvalue weighted by molar-refractivity contribution is 0.0954. The van der Waals surface area contributed by atoms with E-state index in [0.717, 1.165) is 29.9 Å². The Bertz CT molecular complexity index is 1220. The molecular formula is C30H28N2O2. The Morgan fingerprint density at radius 3 is 2.03 bits per heavy atom.